The minimum absolute atomic E-state index is 0.0953. The highest BCUT2D eigenvalue weighted by molar-refractivity contribution is 7.92. The van der Waals surface area contributed by atoms with Crippen LogP contribution in [0.15, 0.2) is 41.3 Å². The number of nitrogens with zero attached hydrogens (tertiary/aromatic N) is 1. The molecule has 1 N–H and O–H groups in total. The molecule has 2 aromatic rings. The number of nitrogens with one attached hydrogen (secondary N) is 1. The van der Waals surface area contributed by atoms with Crippen LogP contribution in [0, 0.1) is 6.92 Å². The minimum atomic E-state index is -3.74. The highest BCUT2D eigenvalue weighted by atomic mass is 32.2. The first-order valence-electron chi connectivity index (χ1n) is 9.26. The van der Waals surface area contributed by atoms with E-state index >= 15 is 0 Å². The van der Waals surface area contributed by atoms with Crippen LogP contribution in [0.3, 0.4) is 0 Å². The summed E-state index contributed by atoms with van der Waals surface area (Å²) in [6.45, 7) is 5.66. The average molecular weight is 405 g/mol. The molecular formula is C21H28N2O4S. The van der Waals surface area contributed by atoms with E-state index in [9.17, 15) is 13.2 Å². The second-order valence-corrected chi connectivity index (χ2v) is 8.45. The van der Waals surface area contributed by atoms with Gasteiger partial charge < -0.3 is 9.64 Å². The third kappa shape index (κ3) is 5.04. The quantitative estimate of drug-likeness (QED) is 0.732. The predicted molar refractivity (Wildman–Crippen MR) is 111 cm³/mol. The molecule has 2 aromatic carbocycles. The Hall–Kier alpha value is -2.54. The van der Waals surface area contributed by atoms with Gasteiger partial charge in [0.1, 0.15) is 5.75 Å². The molecule has 0 aliphatic carbocycles. The normalized spacial score (nSPS) is 11.2. The van der Waals surface area contributed by atoms with E-state index in [2.05, 4.69) is 4.72 Å². The summed E-state index contributed by atoms with van der Waals surface area (Å²) < 4.78 is 34.2. The zero-order valence-electron chi connectivity index (χ0n) is 17.1. The number of carbonyl (C=O) groups excluding carboxylic acids is 1. The molecule has 0 aliphatic rings. The molecule has 0 radical (unpaired) electrons. The molecule has 0 unspecified atom stereocenters. The second kappa shape index (κ2) is 9.10. The van der Waals surface area contributed by atoms with Crippen molar-refractivity contribution in [3.8, 4) is 5.75 Å². The lowest BCUT2D eigenvalue weighted by Gasteiger charge is -2.17. The SMILES string of the molecule is CCc1cccc(CC)c1NS(=O)(=O)c1ccc(OCC(=O)N(C)C)c(C)c1. The van der Waals surface area contributed by atoms with Crippen molar-refractivity contribution in [2.24, 2.45) is 0 Å². The van der Waals surface area contributed by atoms with E-state index in [-0.39, 0.29) is 17.4 Å². The maximum atomic E-state index is 12.9. The number of rotatable bonds is 8. The number of para-hydroxylation sites is 1. The van der Waals surface area contributed by atoms with Crippen LogP contribution >= 0.6 is 0 Å². The van der Waals surface area contributed by atoms with E-state index in [1.807, 2.05) is 32.0 Å². The number of anilines is 1. The number of carbonyl (C=O) groups is 1. The Morgan fingerprint density at radius 2 is 1.68 bits per heavy atom. The number of amides is 1. The van der Waals surface area contributed by atoms with Gasteiger partial charge in [-0.05, 0) is 54.7 Å². The first kappa shape index (κ1) is 21.8. The van der Waals surface area contributed by atoms with Crippen LogP contribution < -0.4 is 9.46 Å². The number of hydrogen-bond acceptors (Lipinski definition) is 4. The van der Waals surface area contributed by atoms with E-state index in [0.29, 0.717) is 17.0 Å². The first-order valence-corrected chi connectivity index (χ1v) is 10.7. The number of likely N-dealkylation sites (N-methyl/N-ethyl adjacent to an activating group) is 1. The number of hydrogen-bond donors (Lipinski definition) is 1. The Labute approximate surface area is 167 Å². The fourth-order valence-corrected chi connectivity index (χ4v) is 4.01. The Morgan fingerprint density at radius 3 is 2.18 bits per heavy atom. The van der Waals surface area contributed by atoms with Gasteiger partial charge in [-0.15, -0.1) is 0 Å². The molecule has 0 heterocycles. The summed E-state index contributed by atoms with van der Waals surface area (Å²) in [7, 11) is -0.440. The molecule has 0 saturated carbocycles. The van der Waals surface area contributed by atoms with Crippen molar-refractivity contribution in [2.45, 2.75) is 38.5 Å². The lowest BCUT2D eigenvalue weighted by Crippen LogP contribution is -2.27. The van der Waals surface area contributed by atoms with E-state index in [1.165, 1.54) is 11.0 Å². The molecule has 0 atom stereocenters. The summed E-state index contributed by atoms with van der Waals surface area (Å²) in [5, 5.41) is 0. The summed E-state index contributed by atoms with van der Waals surface area (Å²) in [4.78, 5) is 13.3. The van der Waals surface area contributed by atoms with Crippen LogP contribution in [-0.2, 0) is 27.7 Å². The van der Waals surface area contributed by atoms with Crippen LogP contribution in [-0.4, -0.2) is 39.9 Å². The van der Waals surface area contributed by atoms with Crippen molar-refractivity contribution in [3.63, 3.8) is 0 Å². The number of sulfonamides is 1. The lowest BCUT2D eigenvalue weighted by atomic mass is 10.0. The number of ether oxygens (including phenoxy) is 1. The van der Waals surface area contributed by atoms with Crippen LogP contribution in [0.5, 0.6) is 5.75 Å². The topological polar surface area (TPSA) is 75.7 Å². The molecule has 6 nitrogen and oxygen atoms in total. The van der Waals surface area contributed by atoms with Gasteiger partial charge in [-0.1, -0.05) is 32.0 Å². The molecule has 7 heteroatoms. The highest BCUT2D eigenvalue weighted by Crippen LogP contribution is 2.27. The summed E-state index contributed by atoms with van der Waals surface area (Å²) in [5.41, 5.74) is 3.22. The molecule has 152 valence electrons. The Bertz CT molecular complexity index is 931. The van der Waals surface area contributed by atoms with E-state index in [4.69, 9.17) is 4.74 Å². The zero-order valence-corrected chi connectivity index (χ0v) is 17.9. The summed E-state index contributed by atoms with van der Waals surface area (Å²) >= 11 is 0. The Kier molecular flexibility index (Phi) is 7.07. The number of benzene rings is 2. The summed E-state index contributed by atoms with van der Waals surface area (Å²) in [5.74, 6) is 0.318. The molecule has 0 spiro atoms. The van der Waals surface area contributed by atoms with E-state index in [1.54, 1.807) is 33.2 Å². The van der Waals surface area contributed by atoms with Gasteiger partial charge >= 0.3 is 0 Å². The lowest BCUT2D eigenvalue weighted by molar-refractivity contribution is -0.130. The van der Waals surface area contributed by atoms with Crippen LogP contribution in [0.25, 0.3) is 0 Å². The van der Waals surface area contributed by atoms with Crippen LogP contribution in [0.1, 0.15) is 30.5 Å². The molecule has 2 rings (SSSR count). The van der Waals surface area contributed by atoms with Crippen molar-refractivity contribution < 1.29 is 17.9 Å². The molecule has 0 bridgehead atoms. The maximum Gasteiger partial charge on any atom is 0.261 e. The van der Waals surface area contributed by atoms with Crippen molar-refractivity contribution in [1.29, 1.82) is 0 Å². The molecule has 0 saturated heterocycles. The van der Waals surface area contributed by atoms with E-state index < -0.39 is 10.0 Å². The number of aryl methyl sites for hydroxylation is 3. The Balaban J connectivity index is 2.28. The van der Waals surface area contributed by atoms with Gasteiger partial charge in [-0.2, -0.15) is 0 Å². The van der Waals surface area contributed by atoms with Crippen LogP contribution in [0.4, 0.5) is 5.69 Å². The molecule has 0 aliphatic heterocycles. The fourth-order valence-electron chi connectivity index (χ4n) is 2.79. The van der Waals surface area contributed by atoms with Crippen molar-refractivity contribution in [2.75, 3.05) is 25.4 Å². The zero-order chi connectivity index (χ0) is 20.9. The van der Waals surface area contributed by atoms with Gasteiger partial charge in [0, 0.05) is 14.1 Å². The average Bonchev–Trinajstić information content (AvgIpc) is 2.66. The first-order chi connectivity index (χ1) is 13.2. The van der Waals surface area contributed by atoms with Gasteiger partial charge in [0.15, 0.2) is 6.61 Å². The van der Waals surface area contributed by atoms with Gasteiger partial charge in [0.05, 0.1) is 10.6 Å². The molecule has 0 fully saturated rings. The van der Waals surface area contributed by atoms with E-state index in [0.717, 1.165) is 24.0 Å². The monoisotopic (exact) mass is 404 g/mol. The van der Waals surface area contributed by atoms with Gasteiger partial charge in [0.2, 0.25) is 0 Å². The third-order valence-electron chi connectivity index (χ3n) is 4.54. The van der Waals surface area contributed by atoms with Crippen LogP contribution in [0.2, 0.25) is 0 Å². The Morgan fingerprint density at radius 1 is 1.07 bits per heavy atom. The fraction of sp³-hybridized carbons (Fsp3) is 0.381. The smallest absolute Gasteiger partial charge is 0.261 e. The predicted octanol–water partition coefficient (Wildman–Crippen LogP) is 3.39. The maximum absolute atomic E-state index is 12.9. The second-order valence-electron chi connectivity index (χ2n) is 6.77. The molecule has 0 aromatic heterocycles. The molecule has 28 heavy (non-hydrogen) atoms. The van der Waals surface area contributed by atoms with Gasteiger partial charge in [0.25, 0.3) is 15.9 Å². The van der Waals surface area contributed by atoms with Gasteiger partial charge in [-0.3, -0.25) is 9.52 Å². The van der Waals surface area contributed by atoms with Crippen molar-refractivity contribution >= 4 is 21.6 Å². The molecule has 1 amide bonds. The summed E-state index contributed by atoms with van der Waals surface area (Å²) in [6, 6.07) is 10.4. The third-order valence-corrected chi connectivity index (χ3v) is 5.89. The van der Waals surface area contributed by atoms with Crippen molar-refractivity contribution in [3.05, 3.63) is 53.1 Å². The summed E-state index contributed by atoms with van der Waals surface area (Å²) in [6.07, 6.45) is 1.47. The van der Waals surface area contributed by atoms with Gasteiger partial charge in [-0.25, -0.2) is 8.42 Å². The highest BCUT2D eigenvalue weighted by Gasteiger charge is 2.19. The largest absolute Gasteiger partial charge is 0.483 e. The molecular weight excluding hydrogens is 376 g/mol. The van der Waals surface area contributed by atoms with Crippen molar-refractivity contribution in [1.82, 2.24) is 4.90 Å². The standard InChI is InChI=1S/C21H28N2O4S/c1-6-16-9-8-10-17(7-2)21(16)22-28(25,26)18-11-12-19(15(3)13-18)27-14-20(24)23(4)5/h8-13,22H,6-7,14H2,1-5H3. The minimum Gasteiger partial charge on any atom is -0.483 e.